The fourth-order valence-electron chi connectivity index (χ4n) is 2.60. The molecule has 106 valence electrons. The van der Waals surface area contributed by atoms with Gasteiger partial charge in [0.25, 0.3) is 0 Å². The highest BCUT2D eigenvalue weighted by molar-refractivity contribution is 5.47. The fraction of sp³-hybridized carbons (Fsp3) is 0.714. The molecule has 0 bridgehead atoms. The minimum atomic E-state index is 0.534. The lowest BCUT2D eigenvalue weighted by atomic mass is 10.0. The van der Waals surface area contributed by atoms with E-state index in [1.54, 1.807) is 0 Å². The minimum Gasteiger partial charge on any atom is -0.373 e. The van der Waals surface area contributed by atoms with Crippen molar-refractivity contribution in [1.29, 1.82) is 0 Å². The molecule has 1 saturated heterocycles. The Morgan fingerprint density at radius 1 is 1.26 bits per heavy atom. The Morgan fingerprint density at radius 2 is 1.95 bits per heavy atom. The van der Waals surface area contributed by atoms with E-state index in [1.807, 2.05) is 20.0 Å². The van der Waals surface area contributed by atoms with Crippen LogP contribution in [0.5, 0.6) is 0 Å². The van der Waals surface area contributed by atoms with Crippen LogP contribution in [0.4, 0.5) is 11.6 Å². The largest absolute Gasteiger partial charge is 0.373 e. The zero-order valence-corrected chi connectivity index (χ0v) is 12.2. The quantitative estimate of drug-likeness (QED) is 0.852. The summed E-state index contributed by atoms with van der Waals surface area (Å²) in [6.45, 7) is 7.77. The van der Waals surface area contributed by atoms with Gasteiger partial charge in [-0.3, -0.25) is 0 Å². The van der Waals surface area contributed by atoms with Crippen LogP contribution >= 0.6 is 0 Å². The first-order valence-electron chi connectivity index (χ1n) is 7.23. The first-order chi connectivity index (χ1) is 9.21. The summed E-state index contributed by atoms with van der Waals surface area (Å²) < 4.78 is 0. The topological polar surface area (TPSA) is 53.1 Å². The number of aromatic nitrogens is 2. The number of hydrogen-bond acceptors (Lipinski definition) is 5. The van der Waals surface area contributed by atoms with Crippen molar-refractivity contribution < 1.29 is 0 Å². The molecule has 0 spiro atoms. The van der Waals surface area contributed by atoms with Gasteiger partial charge in [-0.15, -0.1) is 0 Å². The molecule has 0 aliphatic carbocycles. The highest BCUT2D eigenvalue weighted by Gasteiger charge is 2.18. The van der Waals surface area contributed by atoms with Crippen LogP contribution < -0.4 is 10.6 Å². The third-order valence-corrected chi connectivity index (χ3v) is 3.57. The first kappa shape index (κ1) is 14.1. The molecule has 1 aromatic rings. The number of nitrogens with one attached hydrogen (secondary N) is 2. The Balaban J connectivity index is 1.90. The molecule has 1 aliphatic heterocycles. The molecule has 0 radical (unpaired) electrons. The van der Waals surface area contributed by atoms with Gasteiger partial charge in [-0.05, 0) is 32.7 Å². The normalized spacial score (nSPS) is 17.4. The van der Waals surface area contributed by atoms with Gasteiger partial charge < -0.3 is 15.5 Å². The summed E-state index contributed by atoms with van der Waals surface area (Å²) in [4.78, 5) is 11.3. The van der Waals surface area contributed by atoms with E-state index < -0.39 is 0 Å². The van der Waals surface area contributed by atoms with Gasteiger partial charge in [-0.2, -0.15) is 0 Å². The molecule has 19 heavy (non-hydrogen) atoms. The second-order valence-corrected chi connectivity index (χ2v) is 5.20. The van der Waals surface area contributed by atoms with Crippen LogP contribution in [0.2, 0.25) is 0 Å². The number of likely N-dealkylation sites (tertiary alicyclic amines) is 1. The Labute approximate surface area is 115 Å². The Bertz CT molecular complexity index is 399. The van der Waals surface area contributed by atoms with Crippen molar-refractivity contribution in [3.63, 3.8) is 0 Å². The summed E-state index contributed by atoms with van der Waals surface area (Å²) in [7, 11) is 1.88. The van der Waals surface area contributed by atoms with E-state index in [2.05, 4.69) is 32.4 Å². The van der Waals surface area contributed by atoms with Crippen molar-refractivity contribution in [2.75, 3.05) is 37.3 Å². The predicted octanol–water partition coefficient (Wildman–Crippen LogP) is 2.11. The number of hydrogen-bond donors (Lipinski definition) is 2. The summed E-state index contributed by atoms with van der Waals surface area (Å²) in [5.74, 6) is 2.61. The van der Waals surface area contributed by atoms with Crippen molar-refractivity contribution in [2.24, 2.45) is 0 Å². The zero-order chi connectivity index (χ0) is 13.7. The van der Waals surface area contributed by atoms with E-state index in [-0.39, 0.29) is 0 Å². The Morgan fingerprint density at radius 3 is 2.58 bits per heavy atom. The first-order valence-corrected chi connectivity index (χ1v) is 7.23. The summed E-state index contributed by atoms with van der Waals surface area (Å²) in [6, 6.07) is 2.51. The van der Waals surface area contributed by atoms with E-state index in [1.165, 1.54) is 38.9 Å². The second kappa shape index (κ2) is 6.70. The average molecular weight is 263 g/mol. The van der Waals surface area contributed by atoms with Gasteiger partial charge in [0.05, 0.1) is 0 Å². The average Bonchev–Trinajstić information content (AvgIpc) is 2.40. The lowest BCUT2D eigenvalue weighted by molar-refractivity contribution is 0.219. The van der Waals surface area contributed by atoms with E-state index in [0.717, 1.165) is 17.5 Å². The zero-order valence-electron chi connectivity index (χ0n) is 12.2. The molecule has 2 N–H and O–H groups in total. The third kappa shape index (κ3) is 4.06. The van der Waals surface area contributed by atoms with Gasteiger partial charge in [0.15, 0.2) is 0 Å². The highest BCUT2D eigenvalue weighted by atomic mass is 15.2. The highest BCUT2D eigenvalue weighted by Crippen LogP contribution is 2.17. The van der Waals surface area contributed by atoms with Crippen molar-refractivity contribution in [3.8, 4) is 0 Å². The summed E-state index contributed by atoms with van der Waals surface area (Å²) >= 11 is 0. The Hall–Kier alpha value is -1.36. The van der Waals surface area contributed by atoms with Crippen LogP contribution in [0.3, 0.4) is 0 Å². The van der Waals surface area contributed by atoms with E-state index in [9.17, 15) is 0 Å². The molecular formula is C14H25N5. The van der Waals surface area contributed by atoms with Crippen molar-refractivity contribution in [2.45, 2.75) is 39.2 Å². The van der Waals surface area contributed by atoms with Crippen molar-refractivity contribution in [3.05, 3.63) is 11.9 Å². The number of nitrogens with zero attached hydrogens (tertiary/aromatic N) is 3. The van der Waals surface area contributed by atoms with Gasteiger partial charge in [-0.25, -0.2) is 9.97 Å². The van der Waals surface area contributed by atoms with Gasteiger partial charge in [0.1, 0.15) is 17.5 Å². The van der Waals surface area contributed by atoms with Gasteiger partial charge in [0.2, 0.25) is 0 Å². The molecule has 1 aromatic heterocycles. The molecule has 2 heterocycles. The van der Waals surface area contributed by atoms with Crippen molar-refractivity contribution >= 4 is 11.6 Å². The maximum absolute atomic E-state index is 4.46. The van der Waals surface area contributed by atoms with Crippen LogP contribution in [-0.2, 0) is 0 Å². The molecule has 0 saturated carbocycles. The number of piperidine rings is 1. The van der Waals surface area contributed by atoms with Crippen LogP contribution in [0.25, 0.3) is 0 Å². The molecule has 0 amide bonds. The van der Waals surface area contributed by atoms with Gasteiger partial charge >= 0.3 is 0 Å². The standard InChI is InChI=1S/C14H25N5/c1-4-7-19-8-5-12(6-9-19)18-14-10-13(15-3)16-11(2)17-14/h10,12H,4-9H2,1-3H3,(H2,15,16,17,18). The fourth-order valence-corrected chi connectivity index (χ4v) is 2.60. The number of anilines is 2. The maximum atomic E-state index is 4.46. The second-order valence-electron chi connectivity index (χ2n) is 5.20. The molecular weight excluding hydrogens is 238 g/mol. The van der Waals surface area contributed by atoms with E-state index in [0.29, 0.717) is 6.04 Å². The molecule has 1 aliphatic rings. The number of aryl methyl sites for hydroxylation is 1. The van der Waals surface area contributed by atoms with Crippen LogP contribution in [0, 0.1) is 6.92 Å². The predicted molar refractivity (Wildman–Crippen MR) is 79.7 cm³/mol. The monoisotopic (exact) mass is 263 g/mol. The molecule has 0 aromatic carbocycles. The molecule has 0 atom stereocenters. The molecule has 1 fully saturated rings. The van der Waals surface area contributed by atoms with E-state index >= 15 is 0 Å². The van der Waals surface area contributed by atoms with E-state index in [4.69, 9.17) is 0 Å². The molecule has 5 heteroatoms. The maximum Gasteiger partial charge on any atom is 0.132 e. The van der Waals surface area contributed by atoms with Crippen LogP contribution in [0.15, 0.2) is 6.07 Å². The van der Waals surface area contributed by atoms with Crippen LogP contribution in [0.1, 0.15) is 32.0 Å². The summed E-state index contributed by atoms with van der Waals surface area (Å²) in [5.41, 5.74) is 0. The molecule has 5 nitrogen and oxygen atoms in total. The smallest absolute Gasteiger partial charge is 0.132 e. The van der Waals surface area contributed by atoms with Gasteiger partial charge in [0, 0.05) is 32.2 Å². The number of rotatable bonds is 5. The van der Waals surface area contributed by atoms with Crippen LogP contribution in [-0.4, -0.2) is 47.6 Å². The third-order valence-electron chi connectivity index (χ3n) is 3.57. The Kier molecular flexibility index (Phi) is 4.96. The molecule has 2 rings (SSSR count). The minimum absolute atomic E-state index is 0.534. The summed E-state index contributed by atoms with van der Waals surface area (Å²) in [6.07, 6.45) is 3.63. The molecule has 0 unspecified atom stereocenters. The summed E-state index contributed by atoms with van der Waals surface area (Å²) in [5, 5.41) is 6.61. The SMILES string of the molecule is CCCN1CCC(Nc2cc(NC)nc(C)n2)CC1. The lowest BCUT2D eigenvalue weighted by Crippen LogP contribution is -2.39. The lowest BCUT2D eigenvalue weighted by Gasteiger charge is -2.32. The van der Waals surface area contributed by atoms with Gasteiger partial charge in [-0.1, -0.05) is 6.92 Å². The van der Waals surface area contributed by atoms with Crippen molar-refractivity contribution in [1.82, 2.24) is 14.9 Å².